The van der Waals surface area contributed by atoms with Gasteiger partial charge in [-0.1, -0.05) is 22.8 Å². The number of benzene rings is 1. The maximum Gasteiger partial charge on any atom is 0.229 e. The zero-order valence-electron chi connectivity index (χ0n) is 15.1. The average molecular weight is 389 g/mol. The van der Waals surface area contributed by atoms with Crippen molar-refractivity contribution >= 4 is 29.1 Å². The van der Waals surface area contributed by atoms with Crippen LogP contribution in [0, 0.1) is 12.8 Å². The van der Waals surface area contributed by atoms with Crippen molar-refractivity contribution in [2.24, 2.45) is 5.92 Å². The van der Waals surface area contributed by atoms with Gasteiger partial charge in [0.15, 0.2) is 5.82 Å². The van der Waals surface area contributed by atoms with E-state index in [1.165, 1.54) is 0 Å². The molecular weight excluding hydrogens is 368 g/mol. The Morgan fingerprint density at radius 2 is 2.07 bits per heavy atom. The molecule has 1 atom stereocenters. The van der Waals surface area contributed by atoms with Gasteiger partial charge in [0.1, 0.15) is 0 Å². The van der Waals surface area contributed by atoms with Crippen LogP contribution < -0.4 is 4.90 Å². The molecule has 1 aromatic heterocycles. The number of likely N-dealkylation sites (tertiary alicyclic amines) is 1. The highest BCUT2D eigenvalue weighted by Gasteiger charge is 2.38. The number of amides is 2. The quantitative estimate of drug-likeness (QED) is 0.807. The number of carbonyl (C=O) groups is 2. The summed E-state index contributed by atoms with van der Waals surface area (Å²) in [5.41, 5.74) is 0.744. The largest absolute Gasteiger partial charge is 0.342 e. The topological polar surface area (TPSA) is 79.5 Å². The van der Waals surface area contributed by atoms with Crippen LogP contribution in [0.25, 0.3) is 0 Å². The van der Waals surface area contributed by atoms with Crippen molar-refractivity contribution in [3.05, 3.63) is 41.0 Å². The van der Waals surface area contributed by atoms with Crippen LogP contribution in [-0.4, -0.2) is 46.5 Å². The van der Waals surface area contributed by atoms with E-state index in [4.69, 9.17) is 16.1 Å². The Morgan fingerprint density at radius 1 is 1.30 bits per heavy atom. The van der Waals surface area contributed by atoms with Gasteiger partial charge in [-0.3, -0.25) is 9.59 Å². The molecule has 27 heavy (non-hydrogen) atoms. The number of piperidine rings is 1. The lowest BCUT2D eigenvalue weighted by Gasteiger charge is -2.32. The van der Waals surface area contributed by atoms with Crippen molar-refractivity contribution in [1.29, 1.82) is 0 Å². The summed E-state index contributed by atoms with van der Waals surface area (Å²) in [5, 5.41) is 4.42. The van der Waals surface area contributed by atoms with E-state index in [1.54, 1.807) is 24.0 Å². The molecule has 142 valence electrons. The molecule has 2 aromatic rings. The summed E-state index contributed by atoms with van der Waals surface area (Å²) in [6.45, 7) is 3.49. The van der Waals surface area contributed by atoms with Gasteiger partial charge in [-0.25, -0.2) is 0 Å². The van der Waals surface area contributed by atoms with E-state index in [0.29, 0.717) is 36.4 Å². The van der Waals surface area contributed by atoms with E-state index in [1.807, 2.05) is 17.0 Å². The summed E-state index contributed by atoms with van der Waals surface area (Å²) >= 11 is 6.03. The molecular formula is C19H21ClN4O3. The van der Waals surface area contributed by atoms with Gasteiger partial charge in [0.05, 0.1) is 5.92 Å². The van der Waals surface area contributed by atoms with Gasteiger partial charge in [0.2, 0.25) is 17.7 Å². The first-order valence-electron chi connectivity index (χ1n) is 9.16. The summed E-state index contributed by atoms with van der Waals surface area (Å²) < 4.78 is 5.26. The molecule has 0 spiro atoms. The molecule has 4 rings (SSSR count). The highest BCUT2D eigenvalue weighted by molar-refractivity contribution is 6.31. The molecule has 2 amide bonds. The number of carbonyl (C=O) groups excluding carboxylic acids is 2. The molecule has 7 nitrogen and oxygen atoms in total. The molecule has 2 fully saturated rings. The Balaban J connectivity index is 1.37. The molecule has 0 bridgehead atoms. The lowest BCUT2D eigenvalue weighted by molar-refractivity contribution is -0.136. The normalized spacial score (nSPS) is 21.1. The Labute approximate surface area is 162 Å². The highest BCUT2D eigenvalue weighted by Crippen LogP contribution is 2.31. The maximum absolute atomic E-state index is 12.9. The molecule has 2 aliphatic heterocycles. The highest BCUT2D eigenvalue weighted by atomic mass is 35.5. The number of anilines is 1. The molecule has 2 saturated heterocycles. The monoisotopic (exact) mass is 388 g/mol. The number of rotatable bonds is 3. The number of hydrogen-bond acceptors (Lipinski definition) is 5. The zero-order chi connectivity index (χ0) is 19.0. The van der Waals surface area contributed by atoms with Crippen LogP contribution in [0.2, 0.25) is 5.02 Å². The van der Waals surface area contributed by atoms with Crippen molar-refractivity contribution in [2.45, 2.75) is 32.1 Å². The molecule has 0 radical (unpaired) electrons. The van der Waals surface area contributed by atoms with Crippen molar-refractivity contribution in [1.82, 2.24) is 15.0 Å². The van der Waals surface area contributed by atoms with Gasteiger partial charge in [-0.15, -0.1) is 0 Å². The standard InChI is InChI=1S/C19H21ClN4O3/c1-12-21-18(27-22-12)13-5-7-23(8-6-13)19(26)14-9-17(25)24(11-14)16-4-2-3-15(20)10-16/h2-4,10,13-14H,5-9,11H2,1H3. The fourth-order valence-electron chi connectivity index (χ4n) is 3.85. The fraction of sp³-hybridized carbons (Fsp3) is 0.474. The van der Waals surface area contributed by atoms with E-state index in [2.05, 4.69) is 10.1 Å². The van der Waals surface area contributed by atoms with Gasteiger partial charge in [0, 0.05) is 42.7 Å². The van der Waals surface area contributed by atoms with Crippen LogP contribution in [-0.2, 0) is 9.59 Å². The first-order chi connectivity index (χ1) is 13.0. The Kier molecular flexibility index (Phi) is 4.86. The van der Waals surface area contributed by atoms with Crippen LogP contribution in [0.5, 0.6) is 0 Å². The third-order valence-electron chi connectivity index (χ3n) is 5.29. The second-order valence-electron chi connectivity index (χ2n) is 7.16. The smallest absolute Gasteiger partial charge is 0.229 e. The van der Waals surface area contributed by atoms with Crippen molar-refractivity contribution < 1.29 is 14.1 Å². The van der Waals surface area contributed by atoms with Gasteiger partial charge in [0.25, 0.3) is 0 Å². The lowest BCUT2D eigenvalue weighted by Crippen LogP contribution is -2.42. The Morgan fingerprint density at radius 3 is 2.74 bits per heavy atom. The first-order valence-corrected chi connectivity index (χ1v) is 9.54. The Hall–Kier alpha value is -2.41. The molecule has 0 aliphatic carbocycles. The summed E-state index contributed by atoms with van der Waals surface area (Å²) in [6, 6.07) is 7.17. The second-order valence-corrected chi connectivity index (χ2v) is 7.60. The average Bonchev–Trinajstić information content (AvgIpc) is 3.27. The van der Waals surface area contributed by atoms with E-state index in [9.17, 15) is 9.59 Å². The minimum Gasteiger partial charge on any atom is -0.342 e. The van der Waals surface area contributed by atoms with Crippen molar-refractivity contribution in [2.75, 3.05) is 24.5 Å². The molecule has 0 N–H and O–H groups in total. The van der Waals surface area contributed by atoms with Gasteiger partial charge in [-0.05, 0) is 38.0 Å². The zero-order valence-corrected chi connectivity index (χ0v) is 15.9. The van der Waals surface area contributed by atoms with E-state index >= 15 is 0 Å². The SMILES string of the molecule is Cc1noc(C2CCN(C(=O)C3CC(=O)N(c4cccc(Cl)c4)C3)CC2)n1. The van der Waals surface area contributed by atoms with Gasteiger partial charge in [-0.2, -0.15) is 4.98 Å². The number of halogens is 1. The minimum atomic E-state index is -0.307. The summed E-state index contributed by atoms with van der Waals surface area (Å²) in [4.78, 5) is 33.1. The van der Waals surface area contributed by atoms with Crippen LogP contribution in [0.1, 0.15) is 36.9 Å². The third kappa shape index (κ3) is 3.69. The molecule has 2 aliphatic rings. The van der Waals surface area contributed by atoms with Crippen LogP contribution in [0.15, 0.2) is 28.8 Å². The summed E-state index contributed by atoms with van der Waals surface area (Å²) in [5.74, 6) is 1.19. The summed E-state index contributed by atoms with van der Waals surface area (Å²) in [6.07, 6.45) is 1.84. The predicted molar refractivity (Wildman–Crippen MR) is 99.5 cm³/mol. The third-order valence-corrected chi connectivity index (χ3v) is 5.53. The van der Waals surface area contributed by atoms with Crippen LogP contribution in [0.4, 0.5) is 5.69 Å². The van der Waals surface area contributed by atoms with E-state index in [-0.39, 0.29) is 30.1 Å². The second kappa shape index (κ2) is 7.31. The van der Waals surface area contributed by atoms with Crippen molar-refractivity contribution in [3.8, 4) is 0 Å². The molecule has 3 heterocycles. The van der Waals surface area contributed by atoms with Crippen LogP contribution >= 0.6 is 11.6 Å². The Bertz CT molecular complexity index is 860. The van der Waals surface area contributed by atoms with Crippen LogP contribution in [0.3, 0.4) is 0 Å². The number of aryl methyl sites for hydroxylation is 1. The predicted octanol–water partition coefficient (Wildman–Crippen LogP) is 2.79. The first kappa shape index (κ1) is 18.0. The molecule has 1 aromatic carbocycles. The van der Waals surface area contributed by atoms with Gasteiger partial charge >= 0.3 is 0 Å². The summed E-state index contributed by atoms with van der Waals surface area (Å²) in [7, 11) is 0. The fourth-order valence-corrected chi connectivity index (χ4v) is 4.04. The number of hydrogen-bond donors (Lipinski definition) is 0. The maximum atomic E-state index is 12.9. The number of aromatic nitrogens is 2. The molecule has 1 unspecified atom stereocenters. The van der Waals surface area contributed by atoms with E-state index < -0.39 is 0 Å². The van der Waals surface area contributed by atoms with Crippen molar-refractivity contribution in [3.63, 3.8) is 0 Å². The molecule has 8 heteroatoms. The van der Waals surface area contributed by atoms with Gasteiger partial charge < -0.3 is 14.3 Å². The number of nitrogens with zero attached hydrogens (tertiary/aromatic N) is 4. The molecule has 0 saturated carbocycles. The lowest BCUT2D eigenvalue weighted by atomic mass is 9.95. The van der Waals surface area contributed by atoms with E-state index in [0.717, 1.165) is 18.5 Å². The minimum absolute atomic E-state index is 0.0353.